The largest absolute Gasteiger partial charge is 0.466 e. The summed E-state index contributed by atoms with van der Waals surface area (Å²) in [5, 5.41) is 0.853. The molecule has 3 rings (SSSR count). The lowest BCUT2D eigenvalue weighted by molar-refractivity contribution is 0.0534. The second-order valence-corrected chi connectivity index (χ2v) is 6.94. The van der Waals surface area contributed by atoms with Gasteiger partial charge in [-0.15, -0.1) is 0 Å². The van der Waals surface area contributed by atoms with E-state index >= 15 is 0 Å². The second kappa shape index (κ2) is 7.10. The van der Waals surface area contributed by atoms with Crippen molar-refractivity contribution in [2.24, 2.45) is 0 Å². The van der Waals surface area contributed by atoms with Gasteiger partial charge in [-0.1, -0.05) is 23.2 Å². The number of nitrogens with zero attached hydrogens (tertiary/aromatic N) is 2. The molecule has 0 unspecified atom stereocenters. The zero-order chi connectivity index (χ0) is 18.1. The first-order valence-corrected chi connectivity index (χ1v) is 8.72. The van der Waals surface area contributed by atoms with Crippen LogP contribution in [0.4, 0.5) is 0 Å². The number of carbonyl (C=O) groups is 2. The fourth-order valence-corrected chi connectivity index (χ4v) is 3.51. The van der Waals surface area contributed by atoms with Crippen molar-refractivity contribution < 1.29 is 14.0 Å². The molecule has 5 nitrogen and oxygen atoms in total. The van der Waals surface area contributed by atoms with Crippen LogP contribution in [0.2, 0.25) is 10.0 Å². The minimum Gasteiger partial charge on any atom is -0.466 e. The van der Waals surface area contributed by atoms with Gasteiger partial charge in [0.05, 0.1) is 5.56 Å². The first-order valence-electron chi connectivity index (χ1n) is 7.97. The van der Waals surface area contributed by atoms with Crippen molar-refractivity contribution in [1.82, 2.24) is 9.80 Å². The molecule has 0 saturated carbocycles. The Kier molecular flexibility index (Phi) is 5.06. The molecule has 1 aromatic carbocycles. The number of rotatable bonds is 2. The molecule has 2 amide bonds. The molecule has 0 spiro atoms. The number of piperazine rings is 1. The number of aryl methyl sites for hydroxylation is 2. The third kappa shape index (κ3) is 3.83. The highest BCUT2D eigenvalue weighted by Gasteiger charge is 2.27. The van der Waals surface area contributed by atoms with E-state index in [2.05, 4.69) is 0 Å². The van der Waals surface area contributed by atoms with Crippen LogP contribution in [0.3, 0.4) is 0 Å². The molecule has 1 fully saturated rings. The van der Waals surface area contributed by atoms with E-state index in [0.29, 0.717) is 58.9 Å². The summed E-state index contributed by atoms with van der Waals surface area (Å²) in [6.07, 6.45) is 0. The van der Waals surface area contributed by atoms with Gasteiger partial charge in [-0.2, -0.15) is 0 Å². The van der Waals surface area contributed by atoms with Crippen LogP contribution in [0.5, 0.6) is 0 Å². The van der Waals surface area contributed by atoms with Gasteiger partial charge in [0, 0.05) is 41.8 Å². The molecule has 2 heterocycles. The van der Waals surface area contributed by atoms with Crippen molar-refractivity contribution in [1.29, 1.82) is 0 Å². The molecular weight excluding hydrogens is 363 g/mol. The van der Waals surface area contributed by atoms with Gasteiger partial charge in [0.2, 0.25) is 0 Å². The highest BCUT2D eigenvalue weighted by atomic mass is 35.5. The molecule has 1 aliphatic rings. The Hall–Kier alpha value is -1.98. The average Bonchev–Trinajstić information content (AvgIpc) is 2.91. The van der Waals surface area contributed by atoms with Crippen LogP contribution in [0.1, 0.15) is 32.2 Å². The molecule has 132 valence electrons. The Balaban J connectivity index is 1.66. The number of hydrogen-bond donors (Lipinski definition) is 0. The van der Waals surface area contributed by atoms with Crippen molar-refractivity contribution >= 4 is 35.0 Å². The van der Waals surface area contributed by atoms with Gasteiger partial charge >= 0.3 is 0 Å². The lowest BCUT2D eigenvalue weighted by atomic mass is 10.1. The fraction of sp³-hybridized carbons (Fsp3) is 0.333. The topological polar surface area (TPSA) is 53.8 Å². The van der Waals surface area contributed by atoms with Crippen LogP contribution >= 0.6 is 23.2 Å². The third-order valence-corrected chi connectivity index (χ3v) is 4.67. The third-order valence-electron chi connectivity index (χ3n) is 4.23. The summed E-state index contributed by atoms with van der Waals surface area (Å²) in [6.45, 7) is 5.47. The standard InChI is InChI=1S/C18H18Cl2N2O3/c1-11-7-16(12(2)25-11)18(24)22-5-3-21(4-6-22)17(23)13-8-14(19)10-15(20)9-13/h7-10H,3-6H2,1-2H3. The van der Waals surface area contributed by atoms with E-state index in [9.17, 15) is 9.59 Å². The minimum absolute atomic E-state index is 0.0627. The zero-order valence-electron chi connectivity index (χ0n) is 14.0. The maximum Gasteiger partial charge on any atom is 0.257 e. The maximum atomic E-state index is 12.6. The number of benzene rings is 1. The zero-order valence-corrected chi connectivity index (χ0v) is 15.5. The van der Waals surface area contributed by atoms with Crippen molar-refractivity contribution in [3.8, 4) is 0 Å². The summed E-state index contributed by atoms with van der Waals surface area (Å²) in [5.74, 6) is 1.14. The number of hydrogen-bond acceptors (Lipinski definition) is 3. The molecule has 0 N–H and O–H groups in total. The summed E-state index contributed by atoms with van der Waals surface area (Å²) in [7, 11) is 0. The molecule has 0 aliphatic carbocycles. The molecule has 2 aromatic rings. The second-order valence-electron chi connectivity index (χ2n) is 6.07. The van der Waals surface area contributed by atoms with Gasteiger partial charge in [-0.05, 0) is 38.1 Å². The van der Waals surface area contributed by atoms with Crippen molar-refractivity contribution in [3.05, 3.63) is 57.0 Å². The van der Waals surface area contributed by atoms with Crippen molar-refractivity contribution in [2.75, 3.05) is 26.2 Å². The van der Waals surface area contributed by atoms with Gasteiger partial charge < -0.3 is 14.2 Å². The maximum absolute atomic E-state index is 12.6. The number of furan rings is 1. The predicted molar refractivity (Wildman–Crippen MR) is 96.5 cm³/mol. The highest BCUT2D eigenvalue weighted by Crippen LogP contribution is 2.21. The molecule has 7 heteroatoms. The van der Waals surface area contributed by atoms with E-state index in [1.165, 1.54) is 0 Å². The monoisotopic (exact) mass is 380 g/mol. The average molecular weight is 381 g/mol. The number of halogens is 2. The molecule has 1 aromatic heterocycles. The van der Waals surface area contributed by atoms with Crippen LogP contribution in [0.25, 0.3) is 0 Å². The van der Waals surface area contributed by atoms with Gasteiger partial charge in [0.1, 0.15) is 11.5 Å². The number of carbonyl (C=O) groups excluding carboxylic acids is 2. The van der Waals surface area contributed by atoms with Gasteiger partial charge in [-0.25, -0.2) is 0 Å². The van der Waals surface area contributed by atoms with Gasteiger partial charge in [0.25, 0.3) is 11.8 Å². The summed E-state index contributed by atoms with van der Waals surface area (Å²) >= 11 is 11.9. The van der Waals surface area contributed by atoms with E-state index in [-0.39, 0.29) is 11.8 Å². The molecule has 0 radical (unpaired) electrons. The SMILES string of the molecule is Cc1cc(C(=O)N2CCN(C(=O)c3cc(Cl)cc(Cl)c3)CC2)c(C)o1. The summed E-state index contributed by atoms with van der Waals surface area (Å²) in [4.78, 5) is 28.6. The van der Waals surface area contributed by atoms with E-state index in [1.54, 1.807) is 41.0 Å². The molecule has 1 saturated heterocycles. The normalized spacial score (nSPS) is 14.7. The lowest BCUT2D eigenvalue weighted by Crippen LogP contribution is -2.50. The predicted octanol–water partition coefficient (Wildman–Crippen LogP) is 3.80. The molecule has 25 heavy (non-hydrogen) atoms. The van der Waals surface area contributed by atoms with E-state index < -0.39 is 0 Å². The van der Waals surface area contributed by atoms with Crippen LogP contribution in [0.15, 0.2) is 28.7 Å². The smallest absolute Gasteiger partial charge is 0.257 e. The first-order chi connectivity index (χ1) is 11.8. The van der Waals surface area contributed by atoms with E-state index in [0.717, 1.165) is 0 Å². The van der Waals surface area contributed by atoms with Crippen molar-refractivity contribution in [2.45, 2.75) is 13.8 Å². The summed E-state index contributed by atoms with van der Waals surface area (Å²) in [6, 6.07) is 6.55. The fourth-order valence-electron chi connectivity index (χ4n) is 2.99. The van der Waals surface area contributed by atoms with Crippen LogP contribution in [-0.4, -0.2) is 47.8 Å². The highest BCUT2D eigenvalue weighted by molar-refractivity contribution is 6.35. The molecular formula is C18H18Cl2N2O3. The summed E-state index contributed by atoms with van der Waals surface area (Å²) in [5.41, 5.74) is 1.04. The van der Waals surface area contributed by atoms with Crippen LogP contribution < -0.4 is 0 Å². The Morgan fingerprint density at radius 3 is 1.88 bits per heavy atom. The number of amides is 2. The van der Waals surface area contributed by atoms with E-state index in [4.69, 9.17) is 27.6 Å². The van der Waals surface area contributed by atoms with Crippen molar-refractivity contribution in [3.63, 3.8) is 0 Å². The summed E-state index contributed by atoms with van der Waals surface area (Å²) < 4.78 is 5.43. The van der Waals surface area contributed by atoms with Crippen LogP contribution in [-0.2, 0) is 0 Å². The molecule has 0 bridgehead atoms. The lowest BCUT2D eigenvalue weighted by Gasteiger charge is -2.34. The first kappa shape index (κ1) is 17.8. The van der Waals surface area contributed by atoms with E-state index in [1.807, 2.05) is 6.92 Å². The van der Waals surface area contributed by atoms with Gasteiger partial charge in [-0.3, -0.25) is 9.59 Å². The Labute approximate surface area is 156 Å². The van der Waals surface area contributed by atoms with Gasteiger partial charge in [0.15, 0.2) is 0 Å². The minimum atomic E-state index is -0.133. The molecule has 1 aliphatic heterocycles. The Morgan fingerprint density at radius 1 is 0.880 bits per heavy atom. The Bertz CT molecular complexity index is 803. The quantitative estimate of drug-likeness (QED) is 0.795. The Morgan fingerprint density at radius 2 is 1.40 bits per heavy atom. The molecule has 0 atom stereocenters. The van der Waals surface area contributed by atoms with Crippen LogP contribution in [0, 0.1) is 13.8 Å².